The lowest BCUT2D eigenvalue weighted by molar-refractivity contribution is 0.460. The molecule has 2 N–H and O–H groups in total. The second-order valence-corrected chi connectivity index (χ2v) is 7.29. The Balaban J connectivity index is 1.46. The van der Waals surface area contributed by atoms with E-state index < -0.39 is 0 Å². The number of hydrogen-bond acceptors (Lipinski definition) is 5. The van der Waals surface area contributed by atoms with Crippen molar-refractivity contribution in [2.45, 2.75) is 44.2 Å². The Morgan fingerprint density at radius 1 is 1.12 bits per heavy atom. The average Bonchev–Trinajstić information content (AvgIpc) is 3.18. The van der Waals surface area contributed by atoms with E-state index in [0.717, 1.165) is 22.5 Å². The molecule has 2 fully saturated rings. The molecule has 0 radical (unpaired) electrons. The monoisotopic (exact) mass is 354 g/mol. The minimum absolute atomic E-state index is 0.528. The molecule has 6 nitrogen and oxygen atoms in total. The summed E-state index contributed by atoms with van der Waals surface area (Å²) in [5.74, 6) is 1.45. The van der Waals surface area contributed by atoms with Crippen molar-refractivity contribution < 1.29 is 0 Å². The van der Waals surface area contributed by atoms with Gasteiger partial charge in [0.2, 0.25) is 5.95 Å². The minimum atomic E-state index is 0.528. The van der Waals surface area contributed by atoms with E-state index in [2.05, 4.69) is 25.4 Å². The summed E-state index contributed by atoms with van der Waals surface area (Å²) in [6.07, 6.45) is 9.79. The first-order chi connectivity index (χ1) is 12.3. The van der Waals surface area contributed by atoms with Crippen molar-refractivity contribution in [3.05, 3.63) is 35.6 Å². The normalized spacial score (nSPS) is 22.5. The molecule has 0 aliphatic carbocycles. The third-order valence-electron chi connectivity index (χ3n) is 5.36. The van der Waals surface area contributed by atoms with Crippen molar-refractivity contribution in [2.75, 3.05) is 10.2 Å². The van der Waals surface area contributed by atoms with Gasteiger partial charge in [0, 0.05) is 23.2 Å². The van der Waals surface area contributed by atoms with Gasteiger partial charge in [0.25, 0.3) is 0 Å². The zero-order chi connectivity index (χ0) is 16.8. The first-order valence-electron chi connectivity index (χ1n) is 8.79. The van der Waals surface area contributed by atoms with Crippen LogP contribution in [0.3, 0.4) is 0 Å². The van der Waals surface area contributed by atoms with Crippen molar-refractivity contribution in [2.24, 2.45) is 0 Å². The topological polar surface area (TPSA) is 69.7 Å². The van der Waals surface area contributed by atoms with Crippen molar-refractivity contribution in [3.8, 4) is 0 Å². The zero-order valence-electron chi connectivity index (χ0n) is 13.7. The number of piperidine rings is 1. The maximum absolute atomic E-state index is 6.35. The van der Waals surface area contributed by atoms with Crippen LogP contribution in [0.15, 0.2) is 30.6 Å². The number of aromatic amines is 1. The molecule has 2 unspecified atom stereocenters. The molecule has 0 spiro atoms. The number of benzene rings is 1. The molecule has 0 saturated carbocycles. The van der Waals surface area contributed by atoms with Crippen LogP contribution in [0.4, 0.5) is 17.5 Å². The number of halogens is 1. The highest BCUT2D eigenvalue weighted by Gasteiger charge is 2.38. The number of hydrogen-bond donors (Lipinski definition) is 2. The molecule has 3 aromatic rings. The molecule has 2 bridgehead atoms. The fourth-order valence-corrected chi connectivity index (χ4v) is 4.31. The van der Waals surface area contributed by atoms with Crippen LogP contribution < -0.4 is 10.2 Å². The standard InChI is InChI=1S/C18H19ClN6/c19-15-10-20-18(25-13-2-1-3-14(25)6-5-13)23-17(15)22-12-4-7-16-11(8-12)9-21-24-16/h4,7-10,13-14H,1-3,5-6H2,(H,21,24)(H,20,22,23). The number of nitrogens with zero attached hydrogens (tertiary/aromatic N) is 4. The molecule has 0 amide bonds. The summed E-state index contributed by atoms with van der Waals surface area (Å²) in [7, 11) is 0. The molecule has 1 aromatic carbocycles. The summed E-state index contributed by atoms with van der Waals surface area (Å²) < 4.78 is 0. The van der Waals surface area contributed by atoms with Gasteiger partial charge in [0.15, 0.2) is 5.82 Å². The van der Waals surface area contributed by atoms with Gasteiger partial charge in [-0.3, -0.25) is 5.10 Å². The van der Waals surface area contributed by atoms with Gasteiger partial charge in [-0.15, -0.1) is 0 Å². The van der Waals surface area contributed by atoms with Crippen molar-refractivity contribution >= 4 is 40.0 Å². The van der Waals surface area contributed by atoms with Crippen LogP contribution >= 0.6 is 11.6 Å². The van der Waals surface area contributed by atoms with Crippen LogP contribution in [-0.2, 0) is 0 Å². The predicted octanol–water partition coefficient (Wildman–Crippen LogP) is 4.27. The first kappa shape index (κ1) is 15.0. The van der Waals surface area contributed by atoms with Crippen LogP contribution in [0.5, 0.6) is 0 Å². The Morgan fingerprint density at radius 3 is 2.80 bits per heavy atom. The third-order valence-corrected chi connectivity index (χ3v) is 5.64. The summed E-state index contributed by atoms with van der Waals surface area (Å²) >= 11 is 6.35. The number of H-pyrrole nitrogens is 1. The molecule has 4 heterocycles. The third kappa shape index (κ3) is 2.61. The van der Waals surface area contributed by atoms with Crippen LogP contribution in [-0.4, -0.2) is 32.2 Å². The van der Waals surface area contributed by atoms with Crippen LogP contribution in [0, 0.1) is 0 Å². The molecule has 2 aliphatic heterocycles. The van der Waals surface area contributed by atoms with E-state index in [0.29, 0.717) is 22.9 Å². The molecule has 25 heavy (non-hydrogen) atoms. The van der Waals surface area contributed by atoms with Crippen LogP contribution in [0.25, 0.3) is 10.9 Å². The molecule has 2 aromatic heterocycles. The Kier molecular flexibility index (Phi) is 3.52. The maximum atomic E-state index is 6.35. The van der Waals surface area contributed by atoms with Gasteiger partial charge in [-0.25, -0.2) is 4.98 Å². The van der Waals surface area contributed by atoms with E-state index in [1.54, 1.807) is 12.4 Å². The quantitative estimate of drug-likeness (QED) is 0.735. The minimum Gasteiger partial charge on any atom is -0.339 e. The summed E-state index contributed by atoms with van der Waals surface area (Å²) in [6, 6.07) is 7.17. The molecular formula is C18H19ClN6. The Bertz CT molecular complexity index is 907. The van der Waals surface area contributed by atoms with Crippen LogP contribution in [0.1, 0.15) is 32.1 Å². The average molecular weight is 355 g/mol. The first-order valence-corrected chi connectivity index (χ1v) is 9.17. The van der Waals surface area contributed by atoms with Crippen LogP contribution in [0.2, 0.25) is 5.02 Å². The molecule has 128 valence electrons. The number of nitrogens with one attached hydrogen (secondary N) is 2. The smallest absolute Gasteiger partial charge is 0.227 e. The van der Waals surface area contributed by atoms with E-state index in [9.17, 15) is 0 Å². The number of aromatic nitrogens is 4. The summed E-state index contributed by atoms with van der Waals surface area (Å²) in [5, 5.41) is 11.9. The number of rotatable bonds is 3. The van der Waals surface area contributed by atoms with Crippen molar-refractivity contribution in [3.63, 3.8) is 0 Å². The van der Waals surface area contributed by atoms with E-state index in [-0.39, 0.29) is 0 Å². The van der Waals surface area contributed by atoms with Gasteiger partial charge < -0.3 is 10.2 Å². The molecule has 5 rings (SSSR count). The van der Waals surface area contributed by atoms with Gasteiger partial charge in [-0.05, 0) is 50.3 Å². The Labute approximate surface area is 150 Å². The lowest BCUT2D eigenvalue weighted by atomic mass is 10.0. The lowest BCUT2D eigenvalue weighted by Gasteiger charge is -2.34. The van der Waals surface area contributed by atoms with Crippen molar-refractivity contribution in [1.82, 2.24) is 20.2 Å². The summed E-state index contributed by atoms with van der Waals surface area (Å²) in [6.45, 7) is 0. The summed E-state index contributed by atoms with van der Waals surface area (Å²) in [5.41, 5.74) is 1.94. The summed E-state index contributed by atoms with van der Waals surface area (Å²) in [4.78, 5) is 11.7. The van der Waals surface area contributed by atoms with Gasteiger partial charge in [-0.2, -0.15) is 10.1 Å². The second kappa shape index (κ2) is 5.88. The predicted molar refractivity (Wildman–Crippen MR) is 99.6 cm³/mol. The number of anilines is 3. The lowest BCUT2D eigenvalue weighted by Crippen LogP contribution is -2.40. The van der Waals surface area contributed by atoms with E-state index >= 15 is 0 Å². The van der Waals surface area contributed by atoms with Gasteiger partial charge in [-0.1, -0.05) is 11.6 Å². The molecule has 2 atom stereocenters. The highest BCUT2D eigenvalue weighted by Crippen LogP contribution is 2.38. The van der Waals surface area contributed by atoms with Gasteiger partial charge in [0.1, 0.15) is 5.02 Å². The maximum Gasteiger partial charge on any atom is 0.227 e. The molecular weight excluding hydrogens is 336 g/mol. The largest absolute Gasteiger partial charge is 0.339 e. The van der Waals surface area contributed by atoms with Gasteiger partial charge >= 0.3 is 0 Å². The SMILES string of the molecule is Clc1cnc(N2C3CCCC2CC3)nc1Nc1ccc2[nH]ncc2c1. The Hall–Kier alpha value is -2.34. The molecule has 7 heteroatoms. The van der Waals surface area contributed by atoms with Gasteiger partial charge in [0.05, 0.1) is 17.9 Å². The second-order valence-electron chi connectivity index (χ2n) is 6.89. The van der Waals surface area contributed by atoms with E-state index in [4.69, 9.17) is 16.6 Å². The Morgan fingerprint density at radius 2 is 1.96 bits per heavy atom. The molecule has 2 saturated heterocycles. The fraction of sp³-hybridized carbons (Fsp3) is 0.389. The van der Waals surface area contributed by atoms with E-state index in [1.165, 1.54) is 32.1 Å². The van der Waals surface area contributed by atoms with Crippen molar-refractivity contribution in [1.29, 1.82) is 0 Å². The fourth-order valence-electron chi connectivity index (χ4n) is 4.17. The highest BCUT2D eigenvalue weighted by atomic mass is 35.5. The number of fused-ring (bicyclic) bond motifs is 3. The highest BCUT2D eigenvalue weighted by molar-refractivity contribution is 6.32. The zero-order valence-corrected chi connectivity index (χ0v) is 14.5. The van der Waals surface area contributed by atoms with E-state index in [1.807, 2.05) is 18.2 Å². The molecule has 2 aliphatic rings.